The van der Waals surface area contributed by atoms with Crippen LogP contribution in [0.1, 0.15) is 27.9 Å². The Hall–Kier alpha value is -1.90. The smallest absolute Gasteiger partial charge is 0.416 e. The molecule has 26 heavy (non-hydrogen) atoms. The summed E-state index contributed by atoms with van der Waals surface area (Å²) in [5.41, 5.74) is 0.165. The summed E-state index contributed by atoms with van der Waals surface area (Å²) in [6.07, 6.45) is -3.79. The van der Waals surface area contributed by atoms with Gasteiger partial charge in [-0.05, 0) is 65.3 Å². The fraction of sp³-hybridized carbons (Fsp3) is 0.263. The molecule has 2 aromatic carbocycles. The zero-order valence-corrected chi connectivity index (χ0v) is 16.0. The van der Waals surface area contributed by atoms with Gasteiger partial charge >= 0.3 is 12.1 Å². The van der Waals surface area contributed by atoms with Crippen molar-refractivity contribution in [2.45, 2.75) is 19.0 Å². The highest BCUT2D eigenvalue weighted by Gasteiger charge is 2.32. The summed E-state index contributed by atoms with van der Waals surface area (Å²) in [6, 6.07) is 11.5. The van der Waals surface area contributed by atoms with Crippen molar-refractivity contribution in [3.05, 3.63) is 68.8 Å². The predicted molar refractivity (Wildman–Crippen MR) is 98.8 cm³/mol. The largest absolute Gasteiger partial charge is 0.468 e. The molecular formula is C19H16F3IO3. The summed E-state index contributed by atoms with van der Waals surface area (Å²) >= 11 is 2.17. The van der Waals surface area contributed by atoms with Crippen LogP contribution in [0.25, 0.3) is 0 Å². The Morgan fingerprint density at radius 1 is 1.04 bits per heavy atom. The molecule has 3 nitrogen and oxygen atoms in total. The van der Waals surface area contributed by atoms with Gasteiger partial charge in [-0.3, -0.25) is 9.59 Å². The number of carbonyl (C=O) groups is 2. The average Bonchev–Trinajstić information content (AvgIpc) is 2.62. The Morgan fingerprint density at radius 3 is 2.12 bits per heavy atom. The van der Waals surface area contributed by atoms with Gasteiger partial charge in [-0.25, -0.2) is 0 Å². The van der Waals surface area contributed by atoms with Crippen LogP contribution in [-0.4, -0.2) is 18.9 Å². The minimum atomic E-state index is -4.48. The fourth-order valence-corrected chi connectivity index (χ4v) is 2.84. The van der Waals surface area contributed by atoms with Crippen LogP contribution in [0.5, 0.6) is 0 Å². The van der Waals surface area contributed by atoms with Crippen molar-refractivity contribution in [1.82, 2.24) is 0 Å². The number of hydrogen-bond acceptors (Lipinski definition) is 3. The van der Waals surface area contributed by atoms with E-state index in [1.807, 2.05) is 24.3 Å². The topological polar surface area (TPSA) is 43.4 Å². The van der Waals surface area contributed by atoms with E-state index in [0.29, 0.717) is 6.42 Å². The number of Topliss-reactive ketones (excluding diaryl/α,β-unsaturated/α-hetero) is 1. The number of halogens is 4. The third-order valence-electron chi connectivity index (χ3n) is 3.93. The summed E-state index contributed by atoms with van der Waals surface area (Å²) in [7, 11) is 1.18. The first kappa shape index (κ1) is 20.4. The number of hydrogen-bond donors (Lipinski definition) is 0. The van der Waals surface area contributed by atoms with Gasteiger partial charge in [-0.1, -0.05) is 24.3 Å². The molecule has 0 spiro atoms. The second-order valence-electron chi connectivity index (χ2n) is 5.68. The number of ether oxygens (including phenoxy) is 1. The van der Waals surface area contributed by atoms with Gasteiger partial charge in [0, 0.05) is 9.13 Å². The number of rotatable bonds is 6. The number of methoxy groups -OCH3 is 1. The normalized spacial score (nSPS) is 12.5. The zero-order chi connectivity index (χ0) is 19.3. The van der Waals surface area contributed by atoms with Crippen molar-refractivity contribution in [3.63, 3.8) is 0 Å². The second kappa shape index (κ2) is 8.66. The van der Waals surface area contributed by atoms with Gasteiger partial charge in [0.25, 0.3) is 0 Å². The Labute approximate surface area is 162 Å². The van der Waals surface area contributed by atoms with Crippen LogP contribution in [-0.2, 0) is 22.1 Å². The van der Waals surface area contributed by atoms with E-state index >= 15 is 0 Å². The minimum Gasteiger partial charge on any atom is -0.468 e. The summed E-state index contributed by atoms with van der Waals surface area (Å²) in [5.74, 6) is -2.30. The summed E-state index contributed by atoms with van der Waals surface area (Å²) < 4.78 is 43.7. The molecule has 2 rings (SSSR count). The molecule has 1 atom stereocenters. The molecule has 0 saturated carbocycles. The Balaban J connectivity index is 2.16. The van der Waals surface area contributed by atoms with Gasteiger partial charge in [0.05, 0.1) is 12.7 Å². The van der Waals surface area contributed by atoms with Gasteiger partial charge in [0.2, 0.25) is 0 Å². The molecule has 2 aromatic rings. The molecule has 0 aliphatic rings. The number of alkyl halides is 3. The van der Waals surface area contributed by atoms with E-state index in [4.69, 9.17) is 4.74 Å². The molecule has 0 aliphatic carbocycles. The number of ketones is 1. The molecule has 0 aromatic heterocycles. The Bertz CT molecular complexity index is 768. The number of esters is 1. The quantitative estimate of drug-likeness (QED) is 0.258. The number of aryl methyl sites for hydroxylation is 1. The Kier molecular flexibility index (Phi) is 6.80. The molecule has 0 radical (unpaired) electrons. The van der Waals surface area contributed by atoms with Crippen molar-refractivity contribution < 1.29 is 27.5 Å². The summed E-state index contributed by atoms with van der Waals surface area (Å²) in [6.45, 7) is 0. The zero-order valence-electron chi connectivity index (χ0n) is 13.8. The molecule has 0 fully saturated rings. The van der Waals surface area contributed by atoms with E-state index in [1.54, 1.807) is 0 Å². The van der Waals surface area contributed by atoms with E-state index in [2.05, 4.69) is 22.6 Å². The number of carbonyl (C=O) groups excluding carboxylic acids is 2. The lowest BCUT2D eigenvalue weighted by Crippen LogP contribution is -2.26. The van der Waals surface area contributed by atoms with Gasteiger partial charge in [0.15, 0.2) is 5.78 Å². The lowest BCUT2D eigenvalue weighted by molar-refractivity contribution is -0.144. The highest BCUT2D eigenvalue weighted by atomic mass is 127. The second-order valence-corrected chi connectivity index (χ2v) is 6.93. The minimum absolute atomic E-state index is 0.0519. The van der Waals surface area contributed by atoms with Crippen molar-refractivity contribution in [2.24, 2.45) is 5.92 Å². The molecule has 0 bridgehead atoms. The SMILES string of the molecule is COC(=O)C(CCc1ccc(I)cc1)C(=O)c1ccc(C(F)(F)F)cc1. The average molecular weight is 476 g/mol. The fourth-order valence-electron chi connectivity index (χ4n) is 2.48. The summed E-state index contributed by atoms with van der Waals surface area (Å²) in [4.78, 5) is 24.6. The molecule has 0 N–H and O–H groups in total. The van der Waals surface area contributed by atoms with Crippen LogP contribution in [0, 0.1) is 9.49 Å². The van der Waals surface area contributed by atoms with E-state index in [9.17, 15) is 22.8 Å². The maximum absolute atomic E-state index is 12.6. The molecule has 7 heteroatoms. The van der Waals surface area contributed by atoms with Gasteiger partial charge in [0.1, 0.15) is 5.92 Å². The highest BCUT2D eigenvalue weighted by Crippen LogP contribution is 2.29. The third-order valence-corrected chi connectivity index (χ3v) is 4.65. The first-order valence-electron chi connectivity index (χ1n) is 7.76. The summed E-state index contributed by atoms with van der Waals surface area (Å²) in [5, 5.41) is 0. The van der Waals surface area contributed by atoms with Gasteiger partial charge in [-0.15, -0.1) is 0 Å². The van der Waals surface area contributed by atoms with E-state index in [1.165, 1.54) is 7.11 Å². The van der Waals surface area contributed by atoms with Crippen molar-refractivity contribution in [2.75, 3.05) is 7.11 Å². The van der Waals surface area contributed by atoms with Crippen molar-refractivity contribution >= 4 is 34.3 Å². The highest BCUT2D eigenvalue weighted by molar-refractivity contribution is 14.1. The third kappa shape index (κ3) is 5.30. The molecule has 138 valence electrons. The van der Waals surface area contributed by atoms with Crippen LogP contribution >= 0.6 is 22.6 Å². The maximum atomic E-state index is 12.6. The molecule has 1 unspecified atom stereocenters. The lowest BCUT2D eigenvalue weighted by atomic mass is 9.91. The van der Waals surface area contributed by atoms with Crippen molar-refractivity contribution in [3.8, 4) is 0 Å². The molecule has 0 amide bonds. The molecular weight excluding hydrogens is 460 g/mol. The van der Waals surface area contributed by atoms with E-state index in [-0.39, 0.29) is 12.0 Å². The molecule has 0 aliphatic heterocycles. The first-order chi connectivity index (χ1) is 12.2. The van der Waals surface area contributed by atoms with E-state index in [0.717, 1.165) is 33.4 Å². The maximum Gasteiger partial charge on any atom is 0.416 e. The van der Waals surface area contributed by atoms with Crippen LogP contribution in [0.4, 0.5) is 13.2 Å². The predicted octanol–water partition coefficient (Wildman–Crippen LogP) is 4.91. The van der Waals surface area contributed by atoms with Crippen molar-refractivity contribution in [1.29, 1.82) is 0 Å². The standard InChI is InChI=1S/C19H16F3IO3/c1-26-18(25)16(11-4-12-2-9-15(23)10-3-12)17(24)13-5-7-14(8-6-13)19(20,21)22/h2-3,5-10,16H,4,11H2,1H3. The van der Waals surface area contributed by atoms with Crippen LogP contribution in [0.3, 0.4) is 0 Å². The number of benzene rings is 2. The van der Waals surface area contributed by atoms with Gasteiger partial charge < -0.3 is 4.74 Å². The van der Waals surface area contributed by atoms with Crippen LogP contribution < -0.4 is 0 Å². The van der Waals surface area contributed by atoms with Crippen LogP contribution in [0.15, 0.2) is 48.5 Å². The first-order valence-corrected chi connectivity index (χ1v) is 8.84. The Morgan fingerprint density at radius 2 is 1.62 bits per heavy atom. The lowest BCUT2D eigenvalue weighted by Gasteiger charge is -2.14. The molecule has 0 saturated heterocycles. The van der Waals surface area contributed by atoms with E-state index < -0.39 is 29.4 Å². The monoisotopic (exact) mass is 476 g/mol. The van der Waals surface area contributed by atoms with Gasteiger partial charge in [-0.2, -0.15) is 13.2 Å². The molecule has 0 heterocycles. The van der Waals surface area contributed by atoms with Crippen LogP contribution in [0.2, 0.25) is 0 Å².